The molecule has 0 aromatic heterocycles. The van der Waals surface area contributed by atoms with Crippen molar-refractivity contribution >= 4 is 15.9 Å². The second-order valence-electron chi connectivity index (χ2n) is 8.76. The van der Waals surface area contributed by atoms with Crippen molar-refractivity contribution < 1.29 is 22.7 Å². The summed E-state index contributed by atoms with van der Waals surface area (Å²) in [6, 6.07) is 7.14. The summed E-state index contributed by atoms with van der Waals surface area (Å²) in [5, 5.41) is 0. The Hall–Kier alpha value is -1.48. The maximum atomic E-state index is 12.9. The molecule has 4 rings (SSSR count). The predicted molar refractivity (Wildman–Crippen MR) is 108 cm³/mol. The number of benzene rings is 1. The first-order valence-corrected chi connectivity index (χ1v) is 11.8. The van der Waals surface area contributed by atoms with Crippen molar-refractivity contribution in [1.29, 1.82) is 0 Å². The van der Waals surface area contributed by atoms with E-state index in [1.54, 1.807) is 12.1 Å². The third kappa shape index (κ3) is 4.21. The number of sulfonamides is 1. The van der Waals surface area contributed by atoms with Gasteiger partial charge in [-0.05, 0) is 36.0 Å². The fourth-order valence-corrected chi connectivity index (χ4v) is 6.01. The summed E-state index contributed by atoms with van der Waals surface area (Å²) in [6.45, 7) is 7.92. The van der Waals surface area contributed by atoms with Gasteiger partial charge in [-0.2, -0.15) is 4.31 Å². The molecule has 0 radical (unpaired) electrons. The van der Waals surface area contributed by atoms with Crippen molar-refractivity contribution in [3.8, 4) is 0 Å². The van der Waals surface area contributed by atoms with Gasteiger partial charge in [-0.25, -0.2) is 8.42 Å². The fraction of sp³-hybridized carbons (Fsp3) is 0.667. The molecular formula is C21H30N2O5S. The van der Waals surface area contributed by atoms with Gasteiger partial charge < -0.3 is 14.4 Å². The molecule has 1 spiro atoms. The Labute approximate surface area is 173 Å². The van der Waals surface area contributed by atoms with Crippen LogP contribution in [0.1, 0.15) is 38.2 Å². The summed E-state index contributed by atoms with van der Waals surface area (Å²) >= 11 is 0. The summed E-state index contributed by atoms with van der Waals surface area (Å²) in [5.74, 6) is 0.663. The summed E-state index contributed by atoms with van der Waals surface area (Å²) in [5.41, 5.74) is 0.692. The van der Waals surface area contributed by atoms with Gasteiger partial charge in [-0.15, -0.1) is 0 Å². The first-order valence-electron chi connectivity index (χ1n) is 10.4. The van der Waals surface area contributed by atoms with Crippen LogP contribution in [-0.4, -0.2) is 75.1 Å². The van der Waals surface area contributed by atoms with Gasteiger partial charge >= 0.3 is 0 Å². The van der Waals surface area contributed by atoms with E-state index in [4.69, 9.17) is 9.47 Å². The lowest BCUT2D eigenvalue weighted by molar-refractivity contribution is -0.136. The molecule has 8 heteroatoms. The lowest BCUT2D eigenvalue weighted by atomic mass is 9.87. The van der Waals surface area contributed by atoms with Crippen LogP contribution in [0.5, 0.6) is 0 Å². The number of carbonyl (C=O) groups excluding carboxylic acids is 1. The van der Waals surface area contributed by atoms with E-state index in [2.05, 4.69) is 13.8 Å². The third-order valence-electron chi connectivity index (χ3n) is 6.23. The molecule has 1 aromatic carbocycles. The number of rotatable bonds is 5. The number of carbonyl (C=O) groups is 1. The van der Waals surface area contributed by atoms with Gasteiger partial charge in [0.05, 0.1) is 30.3 Å². The van der Waals surface area contributed by atoms with Crippen molar-refractivity contribution in [3.05, 3.63) is 29.8 Å². The van der Waals surface area contributed by atoms with Crippen LogP contribution in [0.25, 0.3) is 0 Å². The molecule has 0 aliphatic carbocycles. The Morgan fingerprint density at radius 1 is 1.17 bits per heavy atom. The fourth-order valence-electron chi connectivity index (χ4n) is 4.42. The normalized spacial score (nSPS) is 24.8. The summed E-state index contributed by atoms with van der Waals surface area (Å²) in [4.78, 5) is 14.6. The highest BCUT2D eigenvalue weighted by molar-refractivity contribution is 7.89. The first-order chi connectivity index (χ1) is 13.8. The summed E-state index contributed by atoms with van der Waals surface area (Å²) in [6.07, 6.45) is 1.20. The molecule has 0 saturated carbocycles. The molecule has 3 heterocycles. The highest BCUT2D eigenvalue weighted by Gasteiger charge is 2.53. The maximum Gasteiger partial charge on any atom is 0.243 e. The number of morpholine rings is 1. The number of hydrogen-bond acceptors (Lipinski definition) is 5. The molecular weight excluding hydrogens is 392 g/mol. The molecule has 3 aliphatic heterocycles. The van der Waals surface area contributed by atoms with Crippen LogP contribution in [0.15, 0.2) is 29.2 Å². The van der Waals surface area contributed by atoms with Gasteiger partial charge in [0, 0.05) is 32.6 Å². The van der Waals surface area contributed by atoms with Crippen molar-refractivity contribution in [1.82, 2.24) is 9.21 Å². The second-order valence-corrected chi connectivity index (χ2v) is 10.7. The van der Waals surface area contributed by atoms with Crippen molar-refractivity contribution in [2.45, 2.75) is 43.1 Å². The van der Waals surface area contributed by atoms with Crippen molar-refractivity contribution in [2.24, 2.45) is 5.92 Å². The molecule has 0 N–H and O–H groups in total. The molecule has 3 saturated heterocycles. The van der Waals surface area contributed by atoms with E-state index in [-0.39, 0.29) is 11.8 Å². The van der Waals surface area contributed by atoms with E-state index in [0.29, 0.717) is 63.2 Å². The molecule has 3 aliphatic rings. The van der Waals surface area contributed by atoms with E-state index >= 15 is 0 Å². The van der Waals surface area contributed by atoms with Crippen LogP contribution in [0, 0.1) is 5.92 Å². The molecule has 1 atom stereocenters. The molecule has 0 bridgehead atoms. The van der Waals surface area contributed by atoms with Gasteiger partial charge in [0.2, 0.25) is 15.9 Å². The summed E-state index contributed by atoms with van der Waals surface area (Å²) in [7, 11) is -3.50. The van der Waals surface area contributed by atoms with Crippen LogP contribution in [-0.2, 0) is 24.3 Å². The predicted octanol–water partition coefficient (Wildman–Crippen LogP) is 1.84. The maximum absolute atomic E-state index is 12.9. The minimum atomic E-state index is -3.50. The van der Waals surface area contributed by atoms with E-state index in [1.165, 1.54) is 4.31 Å². The average Bonchev–Trinajstić information content (AvgIpc) is 3.12. The topological polar surface area (TPSA) is 76.2 Å². The molecule has 160 valence electrons. The van der Waals surface area contributed by atoms with Gasteiger partial charge in [0.15, 0.2) is 0 Å². The summed E-state index contributed by atoms with van der Waals surface area (Å²) < 4.78 is 38.6. The lowest BCUT2D eigenvalue weighted by Gasteiger charge is -2.46. The van der Waals surface area contributed by atoms with E-state index in [9.17, 15) is 13.2 Å². The SMILES string of the molecule is CC(C)c1ccc(S(=O)(=O)N2CC3(CC(CC(=O)N4CCOCC4)CO3)C2)cc1. The van der Waals surface area contributed by atoms with Gasteiger partial charge in [0.1, 0.15) is 0 Å². The van der Waals surface area contributed by atoms with Gasteiger partial charge in [-0.3, -0.25) is 4.79 Å². The number of ether oxygens (including phenoxy) is 2. The Balaban J connectivity index is 1.32. The highest BCUT2D eigenvalue weighted by Crippen LogP contribution is 2.41. The molecule has 29 heavy (non-hydrogen) atoms. The Morgan fingerprint density at radius 2 is 1.83 bits per heavy atom. The number of amides is 1. The first kappa shape index (κ1) is 20.8. The average molecular weight is 423 g/mol. The van der Waals surface area contributed by atoms with E-state index < -0.39 is 15.6 Å². The monoisotopic (exact) mass is 422 g/mol. The zero-order valence-corrected chi connectivity index (χ0v) is 18.0. The van der Waals surface area contributed by atoms with E-state index in [1.807, 2.05) is 17.0 Å². The lowest BCUT2D eigenvalue weighted by Crippen LogP contribution is -2.63. The molecule has 1 amide bonds. The second kappa shape index (κ2) is 7.98. The standard InChI is InChI=1S/C21H30N2O5S/c1-16(2)18-3-5-19(6-4-18)29(25,26)23-14-21(15-23)12-17(13-28-21)11-20(24)22-7-9-27-10-8-22/h3-6,16-17H,7-15H2,1-2H3. The van der Waals surface area contributed by atoms with Crippen molar-refractivity contribution in [2.75, 3.05) is 46.0 Å². The Morgan fingerprint density at radius 3 is 2.45 bits per heavy atom. The zero-order chi connectivity index (χ0) is 20.6. The minimum Gasteiger partial charge on any atom is -0.378 e. The van der Waals surface area contributed by atoms with Gasteiger partial charge in [0.25, 0.3) is 0 Å². The van der Waals surface area contributed by atoms with Gasteiger partial charge in [-0.1, -0.05) is 26.0 Å². The van der Waals surface area contributed by atoms with Crippen LogP contribution < -0.4 is 0 Å². The largest absolute Gasteiger partial charge is 0.378 e. The third-order valence-corrected chi connectivity index (χ3v) is 8.03. The van der Waals surface area contributed by atoms with Crippen molar-refractivity contribution in [3.63, 3.8) is 0 Å². The van der Waals surface area contributed by atoms with Crippen LogP contribution in [0.4, 0.5) is 0 Å². The molecule has 7 nitrogen and oxygen atoms in total. The molecule has 3 fully saturated rings. The van der Waals surface area contributed by atoms with E-state index in [0.717, 1.165) is 12.0 Å². The number of nitrogens with zero attached hydrogens (tertiary/aromatic N) is 2. The van der Waals surface area contributed by atoms with Crippen LogP contribution in [0.3, 0.4) is 0 Å². The molecule has 1 aromatic rings. The molecule has 1 unspecified atom stereocenters. The Kier molecular flexibility index (Phi) is 5.72. The highest BCUT2D eigenvalue weighted by atomic mass is 32.2. The van der Waals surface area contributed by atoms with Crippen LogP contribution in [0.2, 0.25) is 0 Å². The Bertz CT molecular complexity index is 840. The van der Waals surface area contributed by atoms with Crippen LogP contribution >= 0.6 is 0 Å². The number of hydrogen-bond donors (Lipinski definition) is 0. The quantitative estimate of drug-likeness (QED) is 0.724. The smallest absolute Gasteiger partial charge is 0.243 e. The zero-order valence-electron chi connectivity index (χ0n) is 17.2. The minimum absolute atomic E-state index is 0.146.